The molecule has 0 aliphatic heterocycles. The highest BCUT2D eigenvalue weighted by molar-refractivity contribution is 7.88. The lowest BCUT2D eigenvalue weighted by Crippen LogP contribution is -2.41. The van der Waals surface area contributed by atoms with Crippen LogP contribution in [0, 0.1) is 53.3 Å². The molecule has 4 fully saturated rings. The maximum atomic E-state index is 11.3. The van der Waals surface area contributed by atoms with Crippen molar-refractivity contribution in [3.05, 3.63) is 0 Å². The summed E-state index contributed by atoms with van der Waals surface area (Å²) < 4.78 is 25.4. The minimum absolute atomic E-state index is 0.609. The van der Waals surface area contributed by atoms with Gasteiger partial charge in [0.1, 0.15) is 0 Å². The van der Waals surface area contributed by atoms with Gasteiger partial charge >= 0.3 is 0 Å². The van der Waals surface area contributed by atoms with Crippen LogP contribution in [0.5, 0.6) is 0 Å². The first-order chi connectivity index (χ1) is 9.37. The van der Waals surface area contributed by atoms with Gasteiger partial charge in [0.15, 0.2) is 0 Å². The summed E-state index contributed by atoms with van der Waals surface area (Å²) in [6.07, 6.45) is 5.41. The summed E-state index contributed by atoms with van der Waals surface area (Å²) in [5.41, 5.74) is 0. The molecule has 0 heterocycles. The molecule has 1 N–H and O–H groups in total. The highest BCUT2D eigenvalue weighted by Crippen LogP contribution is 2.71. The highest BCUT2D eigenvalue weighted by atomic mass is 32.2. The second-order valence-corrected chi connectivity index (χ2v) is 10.0. The second-order valence-electron chi connectivity index (χ2n) is 8.21. The van der Waals surface area contributed by atoms with E-state index in [-0.39, 0.29) is 0 Å². The van der Waals surface area contributed by atoms with E-state index in [2.05, 4.69) is 18.6 Å². The number of fused-ring (bicyclic) bond motifs is 9. The molecule has 4 rings (SSSR count). The third-order valence-electron chi connectivity index (χ3n) is 7.59. The number of nitrogens with one attached hydrogen (secondary N) is 1. The van der Waals surface area contributed by atoms with E-state index in [1.165, 1.54) is 25.5 Å². The molecule has 4 saturated carbocycles. The molecule has 0 spiro atoms. The van der Waals surface area contributed by atoms with Crippen molar-refractivity contribution >= 4 is 10.0 Å². The van der Waals surface area contributed by atoms with Gasteiger partial charge < -0.3 is 0 Å². The van der Waals surface area contributed by atoms with Crippen LogP contribution in [0.2, 0.25) is 0 Å². The molecule has 9 atom stereocenters. The molecule has 114 valence electrons. The van der Waals surface area contributed by atoms with Crippen molar-refractivity contribution in [2.75, 3.05) is 12.8 Å². The fraction of sp³-hybridized carbons (Fsp3) is 1.00. The van der Waals surface area contributed by atoms with Crippen molar-refractivity contribution in [2.45, 2.75) is 33.1 Å². The molecule has 0 radical (unpaired) electrons. The minimum Gasteiger partial charge on any atom is -0.215 e. The van der Waals surface area contributed by atoms with Gasteiger partial charge in [0.25, 0.3) is 0 Å². The largest absolute Gasteiger partial charge is 0.215 e. The van der Waals surface area contributed by atoms with Crippen LogP contribution in [-0.2, 0) is 10.0 Å². The Bertz CT molecular complexity index is 517. The molecule has 0 amide bonds. The quantitative estimate of drug-likeness (QED) is 0.813. The summed E-state index contributed by atoms with van der Waals surface area (Å²) in [6, 6.07) is 0. The fourth-order valence-electron chi connectivity index (χ4n) is 6.86. The second kappa shape index (κ2) is 4.22. The molecule has 4 aliphatic rings. The highest BCUT2D eigenvalue weighted by Gasteiger charge is 2.65. The predicted molar refractivity (Wildman–Crippen MR) is 79.5 cm³/mol. The molecule has 3 nitrogen and oxygen atoms in total. The first kappa shape index (κ1) is 13.6. The Labute approximate surface area is 123 Å². The molecule has 4 bridgehead atoms. The first-order valence-electron chi connectivity index (χ1n) is 8.31. The van der Waals surface area contributed by atoms with E-state index in [4.69, 9.17) is 0 Å². The Morgan fingerprint density at radius 2 is 1.60 bits per heavy atom. The van der Waals surface area contributed by atoms with E-state index in [9.17, 15) is 8.42 Å². The number of sulfonamides is 1. The van der Waals surface area contributed by atoms with Gasteiger partial charge in [-0.15, -0.1) is 0 Å². The van der Waals surface area contributed by atoms with Gasteiger partial charge in [0.05, 0.1) is 6.26 Å². The maximum absolute atomic E-state index is 11.3. The van der Waals surface area contributed by atoms with Crippen LogP contribution in [-0.4, -0.2) is 21.2 Å². The molecule has 4 aliphatic carbocycles. The van der Waals surface area contributed by atoms with Crippen molar-refractivity contribution in [2.24, 2.45) is 53.3 Å². The molecule has 4 heteroatoms. The van der Waals surface area contributed by atoms with Crippen molar-refractivity contribution < 1.29 is 8.42 Å². The van der Waals surface area contributed by atoms with Gasteiger partial charge in [-0.3, -0.25) is 0 Å². The average Bonchev–Trinajstić information content (AvgIpc) is 3.06. The van der Waals surface area contributed by atoms with E-state index in [1.807, 2.05) is 0 Å². The topological polar surface area (TPSA) is 46.2 Å². The monoisotopic (exact) mass is 297 g/mol. The van der Waals surface area contributed by atoms with Crippen molar-refractivity contribution in [1.82, 2.24) is 4.72 Å². The van der Waals surface area contributed by atoms with E-state index in [0.29, 0.717) is 12.5 Å². The van der Waals surface area contributed by atoms with Crippen LogP contribution in [0.25, 0.3) is 0 Å². The zero-order valence-corrected chi connectivity index (χ0v) is 13.6. The predicted octanol–water partition coefficient (Wildman–Crippen LogP) is 2.35. The van der Waals surface area contributed by atoms with Gasteiger partial charge in [-0.05, 0) is 72.5 Å². The summed E-state index contributed by atoms with van der Waals surface area (Å²) in [6.45, 7) is 5.62. The Morgan fingerprint density at radius 1 is 0.950 bits per heavy atom. The van der Waals surface area contributed by atoms with Crippen LogP contribution in [0.4, 0.5) is 0 Å². The Balaban J connectivity index is 1.51. The summed E-state index contributed by atoms with van der Waals surface area (Å²) in [5, 5.41) is 0. The SMILES string of the molecule is CC1C(C)C2CC1C1C3CC(CNS(C)(=O)=O)C(C3)C21. The van der Waals surface area contributed by atoms with Gasteiger partial charge in [-0.25, -0.2) is 13.1 Å². The normalized spacial score (nSPS) is 56.5. The maximum Gasteiger partial charge on any atom is 0.208 e. The molecule has 9 unspecified atom stereocenters. The van der Waals surface area contributed by atoms with Crippen molar-refractivity contribution in [3.63, 3.8) is 0 Å². The molecule has 0 aromatic heterocycles. The van der Waals surface area contributed by atoms with Crippen molar-refractivity contribution in [1.29, 1.82) is 0 Å². The van der Waals surface area contributed by atoms with Crippen LogP contribution < -0.4 is 4.72 Å². The van der Waals surface area contributed by atoms with Gasteiger partial charge in [0, 0.05) is 6.54 Å². The number of hydrogen-bond donors (Lipinski definition) is 1. The van der Waals surface area contributed by atoms with Gasteiger partial charge in [0.2, 0.25) is 10.0 Å². The minimum atomic E-state index is -3.03. The van der Waals surface area contributed by atoms with Crippen molar-refractivity contribution in [3.8, 4) is 0 Å². The standard InChI is InChI=1S/C16H27NO2S/c1-8-9(2)13-6-12(8)15-10-4-11(7-17-20(3,18)19)14(5-10)16(13)15/h8-17H,4-7H2,1-3H3. The van der Waals surface area contributed by atoms with Crippen LogP contribution in [0.3, 0.4) is 0 Å². The van der Waals surface area contributed by atoms with Crippen LogP contribution in [0.15, 0.2) is 0 Å². The summed E-state index contributed by atoms with van der Waals surface area (Å²) in [7, 11) is -3.03. The fourth-order valence-corrected chi connectivity index (χ4v) is 7.37. The van der Waals surface area contributed by atoms with Gasteiger partial charge in [-0.1, -0.05) is 13.8 Å². The smallest absolute Gasteiger partial charge is 0.208 e. The third kappa shape index (κ3) is 1.76. The summed E-state index contributed by atoms with van der Waals surface area (Å²) in [4.78, 5) is 0. The molecule has 0 saturated heterocycles. The Kier molecular flexibility index (Phi) is 2.86. The average molecular weight is 297 g/mol. The lowest BCUT2D eigenvalue weighted by atomic mass is 9.62. The zero-order chi connectivity index (χ0) is 14.2. The van der Waals surface area contributed by atoms with E-state index < -0.39 is 10.0 Å². The summed E-state index contributed by atoms with van der Waals surface area (Å²) >= 11 is 0. The van der Waals surface area contributed by atoms with Crippen LogP contribution in [0.1, 0.15) is 33.1 Å². The molecule has 0 aromatic rings. The van der Waals surface area contributed by atoms with Crippen LogP contribution >= 0.6 is 0 Å². The molecule has 20 heavy (non-hydrogen) atoms. The zero-order valence-electron chi connectivity index (χ0n) is 12.7. The summed E-state index contributed by atoms with van der Waals surface area (Å²) in [5.74, 6) is 7.98. The molecular formula is C16H27NO2S. The van der Waals surface area contributed by atoms with E-state index in [1.54, 1.807) is 0 Å². The van der Waals surface area contributed by atoms with E-state index >= 15 is 0 Å². The third-order valence-corrected chi connectivity index (χ3v) is 8.28. The lowest BCUT2D eigenvalue weighted by Gasteiger charge is -2.43. The first-order valence-corrected chi connectivity index (χ1v) is 10.2. The van der Waals surface area contributed by atoms with Gasteiger partial charge in [-0.2, -0.15) is 0 Å². The van der Waals surface area contributed by atoms with E-state index in [0.717, 1.165) is 47.3 Å². The lowest BCUT2D eigenvalue weighted by molar-refractivity contribution is 0.0477. The Hall–Kier alpha value is -0.0900. The molecule has 0 aromatic carbocycles. The Morgan fingerprint density at radius 3 is 2.25 bits per heavy atom. The number of rotatable bonds is 3. The number of hydrogen-bond acceptors (Lipinski definition) is 2. The molecular weight excluding hydrogens is 270 g/mol.